The molecule has 9 heteroatoms. The fourth-order valence-electron chi connectivity index (χ4n) is 4.74. The lowest BCUT2D eigenvalue weighted by molar-refractivity contribution is -0.124. The maximum atomic E-state index is 12.7. The summed E-state index contributed by atoms with van der Waals surface area (Å²) >= 11 is 0. The van der Waals surface area contributed by atoms with Gasteiger partial charge in [0.2, 0.25) is 5.88 Å². The van der Waals surface area contributed by atoms with Crippen molar-refractivity contribution in [2.45, 2.75) is 33.1 Å². The summed E-state index contributed by atoms with van der Waals surface area (Å²) in [5.74, 6) is 6.85. The van der Waals surface area contributed by atoms with Gasteiger partial charge < -0.3 is 15.0 Å². The van der Waals surface area contributed by atoms with E-state index in [2.05, 4.69) is 27.1 Å². The van der Waals surface area contributed by atoms with Gasteiger partial charge in [-0.05, 0) is 57.4 Å². The Morgan fingerprint density at radius 2 is 1.97 bits per heavy atom. The molecule has 0 spiro atoms. The summed E-state index contributed by atoms with van der Waals surface area (Å²) in [5, 5.41) is 2.80. The highest BCUT2D eigenvalue weighted by atomic mass is 16.5. The van der Waals surface area contributed by atoms with Crippen LogP contribution in [0.3, 0.4) is 0 Å². The van der Waals surface area contributed by atoms with Crippen LogP contribution in [0.25, 0.3) is 16.8 Å². The first kappa shape index (κ1) is 25.0. The van der Waals surface area contributed by atoms with E-state index in [1.807, 2.05) is 36.4 Å². The molecule has 1 fully saturated rings. The second-order valence-electron chi connectivity index (χ2n) is 8.98. The second-order valence-corrected chi connectivity index (χ2v) is 8.98. The van der Waals surface area contributed by atoms with Crippen LogP contribution < -0.4 is 10.1 Å². The monoisotopic (exact) mass is 508 g/mol. The zero-order valence-corrected chi connectivity index (χ0v) is 21.6. The van der Waals surface area contributed by atoms with Crippen molar-refractivity contribution in [1.82, 2.24) is 24.3 Å². The van der Waals surface area contributed by atoms with E-state index in [0.717, 1.165) is 34.7 Å². The molecule has 5 rings (SSSR count). The number of ether oxygens (including phenoxy) is 1. The van der Waals surface area contributed by atoms with E-state index >= 15 is 0 Å². The van der Waals surface area contributed by atoms with Crippen LogP contribution in [0.1, 0.15) is 48.1 Å². The van der Waals surface area contributed by atoms with Crippen molar-refractivity contribution in [2.75, 3.05) is 25.0 Å². The van der Waals surface area contributed by atoms with Gasteiger partial charge in [-0.1, -0.05) is 24.1 Å². The fraction of sp³-hybridized carbons (Fsp3) is 0.276. The van der Waals surface area contributed by atoms with Gasteiger partial charge >= 0.3 is 0 Å². The number of anilines is 1. The average Bonchev–Trinajstić information content (AvgIpc) is 3.58. The van der Waals surface area contributed by atoms with Crippen molar-refractivity contribution in [2.24, 2.45) is 0 Å². The Balaban J connectivity index is 1.52. The summed E-state index contributed by atoms with van der Waals surface area (Å²) in [6.45, 7) is 7.17. The molecule has 1 N–H and O–H groups in total. The average molecular weight is 509 g/mol. The molecule has 1 atom stereocenters. The number of hydrogen-bond donors (Lipinski definition) is 1. The highest BCUT2D eigenvalue weighted by Gasteiger charge is 2.32. The molecule has 2 amide bonds. The Morgan fingerprint density at radius 3 is 2.68 bits per heavy atom. The number of nitrogens with one attached hydrogen (secondary N) is 1. The van der Waals surface area contributed by atoms with Gasteiger partial charge in [0.1, 0.15) is 11.6 Å². The third-order valence-corrected chi connectivity index (χ3v) is 6.53. The number of fused-ring (bicyclic) bond motifs is 1. The third-order valence-electron chi connectivity index (χ3n) is 6.53. The summed E-state index contributed by atoms with van der Waals surface area (Å²) in [6, 6.07) is 12.7. The molecule has 4 aromatic rings. The van der Waals surface area contributed by atoms with Crippen molar-refractivity contribution in [3.8, 4) is 29.0 Å². The first-order valence-electron chi connectivity index (χ1n) is 12.5. The number of benzene rings is 1. The zero-order valence-electron chi connectivity index (χ0n) is 21.6. The maximum Gasteiger partial charge on any atom is 0.298 e. The number of amides is 2. The number of nitrogens with zero attached hydrogens (tertiary/aromatic N) is 5. The zero-order chi connectivity index (χ0) is 26.6. The van der Waals surface area contributed by atoms with Crippen molar-refractivity contribution in [3.63, 3.8) is 0 Å². The number of likely N-dealkylation sites (tertiary alicyclic amines) is 1. The molecule has 4 heterocycles. The molecule has 1 saturated heterocycles. The molecule has 1 aromatic carbocycles. The number of aromatic nitrogens is 4. The van der Waals surface area contributed by atoms with Crippen molar-refractivity contribution in [3.05, 3.63) is 71.9 Å². The third kappa shape index (κ3) is 4.81. The van der Waals surface area contributed by atoms with Crippen molar-refractivity contribution >= 4 is 23.1 Å². The van der Waals surface area contributed by atoms with Gasteiger partial charge in [-0.25, -0.2) is 9.97 Å². The molecule has 0 radical (unpaired) electrons. The molecule has 1 aliphatic rings. The lowest BCUT2D eigenvalue weighted by Gasteiger charge is -2.14. The van der Waals surface area contributed by atoms with Gasteiger partial charge in [-0.15, -0.1) is 0 Å². The highest BCUT2D eigenvalue weighted by molar-refractivity contribution is 6.04. The van der Waals surface area contributed by atoms with Crippen molar-refractivity contribution in [1.29, 1.82) is 0 Å². The first-order chi connectivity index (χ1) is 18.5. The number of rotatable bonds is 6. The number of hydrogen-bond acceptors (Lipinski definition) is 6. The van der Waals surface area contributed by atoms with Crippen LogP contribution in [0.15, 0.2) is 54.9 Å². The second kappa shape index (κ2) is 10.7. The topological polar surface area (TPSA) is 102 Å². The van der Waals surface area contributed by atoms with Crippen LogP contribution in [0.4, 0.5) is 5.82 Å². The van der Waals surface area contributed by atoms with Crippen LogP contribution in [0.2, 0.25) is 0 Å². The summed E-state index contributed by atoms with van der Waals surface area (Å²) in [4.78, 5) is 40.7. The minimum absolute atomic E-state index is 0.0169. The highest BCUT2D eigenvalue weighted by Crippen LogP contribution is 2.36. The number of imidazole rings is 1. The van der Waals surface area contributed by atoms with Gasteiger partial charge in [-0.3, -0.25) is 19.0 Å². The maximum absolute atomic E-state index is 12.7. The van der Waals surface area contributed by atoms with Crippen LogP contribution >= 0.6 is 0 Å². The van der Waals surface area contributed by atoms with Crippen molar-refractivity contribution < 1.29 is 14.3 Å². The quantitative estimate of drug-likeness (QED) is 0.394. The van der Waals surface area contributed by atoms with E-state index in [-0.39, 0.29) is 17.7 Å². The predicted octanol–water partition coefficient (Wildman–Crippen LogP) is 4.09. The molecule has 0 bridgehead atoms. The first-order valence-corrected chi connectivity index (χ1v) is 12.5. The minimum Gasteiger partial charge on any atom is -0.478 e. The van der Waals surface area contributed by atoms with E-state index in [4.69, 9.17) is 9.72 Å². The summed E-state index contributed by atoms with van der Waals surface area (Å²) in [6.07, 6.45) is 4.12. The number of carbonyl (C=O) groups excluding carboxylic acids is 2. The SMILES string of the molecule is CC#CC(=O)N1CC[C@@H](c2nc(-c3ccc(C(=O)Nc4ccccn4)cc3)c3c(C)ncc(OCC)n23)C1. The van der Waals surface area contributed by atoms with Gasteiger partial charge in [0.25, 0.3) is 11.8 Å². The molecule has 1 aliphatic heterocycles. The largest absolute Gasteiger partial charge is 0.478 e. The Morgan fingerprint density at radius 1 is 1.16 bits per heavy atom. The summed E-state index contributed by atoms with van der Waals surface area (Å²) in [5.41, 5.74) is 3.76. The number of carbonyl (C=O) groups is 2. The van der Waals surface area contributed by atoms with Gasteiger partial charge in [0.05, 0.1) is 29.7 Å². The summed E-state index contributed by atoms with van der Waals surface area (Å²) < 4.78 is 7.96. The molecule has 192 valence electrons. The van der Waals surface area contributed by atoms with E-state index in [1.54, 1.807) is 48.5 Å². The molecule has 9 nitrogen and oxygen atoms in total. The van der Waals surface area contributed by atoms with E-state index in [1.165, 1.54) is 0 Å². The Bertz CT molecular complexity index is 1550. The lowest BCUT2D eigenvalue weighted by atomic mass is 10.1. The Labute approximate surface area is 220 Å². The smallest absolute Gasteiger partial charge is 0.298 e. The predicted molar refractivity (Wildman–Crippen MR) is 144 cm³/mol. The van der Waals surface area contributed by atoms with Crippen LogP contribution in [-0.4, -0.2) is 55.8 Å². The molecule has 0 unspecified atom stereocenters. The fourth-order valence-corrected chi connectivity index (χ4v) is 4.74. The number of pyridine rings is 1. The van der Waals surface area contributed by atoms with E-state index < -0.39 is 0 Å². The summed E-state index contributed by atoms with van der Waals surface area (Å²) in [7, 11) is 0. The molecular weight excluding hydrogens is 480 g/mol. The van der Waals surface area contributed by atoms with Gasteiger partial charge in [0.15, 0.2) is 0 Å². The van der Waals surface area contributed by atoms with Crippen LogP contribution in [-0.2, 0) is 4.79 Å². The van der Waals surface area contributed by atoms with Gasteiger partial charge in [0, 0.05) is 36.3 Å². The Kier molecular flexibility index (Phi) is 7.05. The number of aryl methyl sites for hydroxylation is 1. The van der Waals surface area contributed by atoms with Crippen LogP contribution in [0, 0.1) is 18.8 Å². The van der Waals surface area contributed by atoms with E-state index in [9.17, 15) is 9.59 Å². The minimum atomic E-state index is -0.243. The molecule has 3 aromatic heterocycles. The van der Waals surface area contributed by atoms with Gasteiger partial charge in [-0.2, -0.15) is 0 Å². The Hall–Kier alpha value is -4.71. The standard InChI is InChI=1S/C29H28N6O3/c1-4-8-24(36)34-16-14-22(18-34)28-33-26(27-19(3)31-17-25(35(27)28)38-5-2)20-10-12-21(13-11-20)29(37)32-23-9-6-7-15-30-23/h6-7,9-13,15,17,22H,5,14,16,18H2,1-3H3,(H,30,32,37)/t22-/m1/s1. The molecule has 0 aliphatic carbocycles. The molecule has 38 heavy (non-hydrogen) atoms. The lowest BCUT2D eigenvalue weighted by Crippen LogP contribution is -2.27. The van der Waals surface area contributed by atoms with E-state index in [0.29, 0.717) is 37.0 Å². The molecular formula is C29H28N6O3. The molecule has 0 saturated carbocycles. The van der Waals surface area contributed by atoms with Crippen LogP contribution in [0.5, 0.6) is 5.88 Å². The normalized spacial score (nSPS) is 14.7.